The zero-order chi connectivity index (χ0) is 14.3. The summed E-state index contributed by atoms with van der Waals surface area (Å²) in [5.74, 6) is 4.78. The number of nitrogens with zero attached hydrogens (tertiary/aromatic N) is 1. The Morgan fingerprint density at radius 2 is 0.727 bits per heavy atom. The Bertz CT molecular complexity index is 792. The van der Waals surface area contributed by atoms with Gasteiger partial charge in [0.15, 0.2) is 34.5 Å². The molecule has 3 aromatic rings. The largest absolute Gasteiger partial charge is 0.444 e. The summed E-state index contributed by atoms with van der Waals surface area (Å²) in [5, 5.41) is 0. The quantitative estimate of drug-likeness (QED) is 0.349. The third kappa shape index (κ3) is 1.10. The van der Waals surface area contributed by atoms with Gasteiger partial charge < -0.3 is 14.2 Å². The van der Waals surface area contributed by atoms with E-state index in [1.54, 1.807) is 0 Å². The van der Waals surface area contributed by atoms with E-state index < -0.39 is 0 Å². The molecule has 0 saturated heterocycles. The summed E-state index contributed by atoms with van der Waals surface area (Å²) in [7, 11) is 0. The lowest BCUT2D eigenvalue weighted by molar-refractivity contribution is 0.389. The average molecular weight is 287 g/mol. The molecule has 0 aliphatic carbocycles. The molecule has 3 aromatic carbocycles. The molecule has 0 spiro atoms. The summed E-state index contributed by atoms with van der Waals surface area (Å²) in [6, 6.07) is 17.6. The van der Waals surface area contributed by atoms with Gasteiger partial charge in [0.2, 0.25) is 0 Å². The van der Waals surface area contributed by atoms with Crippen LogP contribution in [0.15, 0.2) is 54.6 Å². The van der Waals surface area contributed by atoms with Gasteiger partial charge in [-0.15, -0.1) is 0 Å². The van der Waals surface area contributed by atoms with Crippen LogP contribution in [0.25, 0.3) is 0 Å². The van der Waals surface area contributed by atoms with Crippen molar-refractivity contribution >= 4 is 17.1 Å². The molecule has 0 amide bonds. The van der Waals surface area contributed by atoms with Gasteiger partial charge in [-0.25, -0.2) is 0 Å². The van der Waals surface area contributed by atoms with E-state index in [1.807, 2.05) is 54.6 Å². The highest BCUT2D eigenvalue weighted by atomic mass is 16.5. The van der Waals surface area contributed by atoms with E-state index in [0.29, 0.717) is 0 Å². The molecule has 4 nitrogen and oxygen atoms in total. The van der Waals surface area contributed by atoms with Gasteiger partial charge in [-0.1, -0.05) is 18.2 Å². The van der Waals surface area contributed by atoms with Gasteiger partial charge in [0.1, 0.15) is 0 Å². The Morgan fingerprint density at radius 1 is 0.455 bits per heavy atom. The highest BCUT2D eigenvalue weighted by molar-refractivity contribution is 5.91. The standard InChI is InChI=1S/C18H9NO3/c1-4-10-16-11(5-1)21-13-7-3-9-15-18(13)19(16)17-12(20-10)6-2-8-14(17)22-15/h1-9H/q+1. The molecule has 1 radical (unpaired) electrons. The fraction of sp³-hybridized carbons (Fsp3) is 0. The van der Waals surface area contributed by atoms with Crippen molar-refractivity contribution in [1.82, 2.24) is 4.90 Å². The molecule has 4 heteroatoms. The summed E-state index contributed by atoms with van der Waals surface area (Å²) in [6.07, 6.45) is 0. The first kappa shape index (κ1) is 10.7. The zero-order valence-electron chi connectivity index (χ0n) is 11.4. The van der Waals surface area contributed by atoms with Gasteiger partial charge in [-0.05, 0) is 41.3 Å². The number of hydrogen-bond acceptors (Lipinski definition) is 4. The molecular weight excluding hydrogens is 278 g/mol. The molecule has 3 aliphatic rings. The molecule has 0 unspecified atom stereocenters. The van der Waals surface area contributed by atoms with E-state index >= 15 is 0 Å². The fourth-order valence-corrected chi connectivity index (χ4v) is 3.35. The summed E-state index contributed by atoms with van der Waals surface area (Å²) in [4.78, 5) is 2.19. The van der Waals surface area contributed by atoms with Crippen molar-refractivity contribution in [3.05, 3.63) is 54.6 Å². The van der Waals surface area contributed by atoms with Crippen LogP contribution < -0.4 is 19.1 Å². The van der Waals surface area contributed by atoms with E-state index in [9.17, 15) is 0 Å². The van der Waals surface area contributed by atoms with Crippen molar-refractivity contribution in [3.63, 3.8) is 0 Å². The monoisotopic (exact) mass is 287 g/mol. The Labute approximate surface area is 126 Å². The predicted molar refractivity (Wildman–Crippen MR) is 80.7 cm³/mol. The van der Waals surface area contributed by atoms with Gasteiger partial charge in [-0.3, -0.25) is 0 Å². The van der Waals surface area contributed by atoms with Gasteiger partial charge in [0.25, 0.3) is 17.1 Å². The SMILES string of the molecule is c1cc2c3c(c1)Oc1cccc4c1[N+]3c1c(cccc1O4)O2. The molecule has 0 aromatic heterocycles. The highest BCUT2D eigenvalue weighted by Gasteiger charge is 2.51. The first-order valence-corrected chi connectivity index (χ1v) is 7.13. The molecule has 0 saturated carbocycles. The van der Waals surface area contributed by atoms with Gasteiger partial charge in [0.05, 0.1) is 0 Å². The van der Waals surface area contributed by atoms with Crippen molar-refractivity contribution in [2.45, 2.75) is 0 Å². The van der Waals surface area contributed by atoms with Crippen LogP contribution in [-0.2, 0) is 0 Å². The summed E-state index contributed by atoms with van der Waals surface area (Å²) >= 11 is 0. The van der Waals surface area contributed by atoms with Crippen LogP contribution in [0.2, 0.25) is 0 Å². The van der Waals surface area contributed by atoms with Crippen LogP contribution in [0.3, 0.4) is 0 Å². The van der Waals surface area contributed by atoms with E-state index in [-0.39, 0.29) is 0 Å². The number of ether oxygens (including phenoxy) is 3. The third-order valence-electron chi connectivity index (χ3n) is 4.22. The lowest BCUT2D eigenvalue weighted by Gasteiger charge is -2.31. The van der Waals surface area contributed by atoms with E-state index in [0.717, 1.165) is 51.6 Å². The Kier molecular flexibility index (Phi) is 1.67. The first-order valence-electron chi connectivity index (χ1n) is 7.13. The molecule has 0 bridgehead atoms. The summed E-state index contributed by atoms with van der Waals surface area (Å²) in [6.45, 7) is 0. The number of benzene rings is 3. The summed E-state index contributed by atoms with van der Waals surface area (Å²) < 4.78 is 18.1. The highest BCUT2D eigenvalue weighted by Crippen LogP contribution is 2.65. The molecule has 3 heterocycles. The number of anilines is 3. The molecule has 3 aliphatic heterocycles. The van der Waals surface area contributed by atoms with Crippen molar-refractivity contribution in [3.8, 4) is 34.5 Å². The second-order valence-corrected chi connectivity index (χ2v) is 5.45. The second kappa shape index (κ2) is 3.43. The minimum atomic E-state index is 0.796. The minimum absolute atomic E-state index is 0.796. The minimum Gasteiger partial charge on any atom is -0.444 e. The van der Waals surface area contributed by atoms with Crippen molar-refractivity contribution in [1.29, 1.82) is 0 Å². The molecule has 0 fully saturated rings. The molecule has 103 valence electrons. The van der Waals surface area contributed by atoms with Crippen LogP contribution in [-0.4, -0.2) is 0 Å². The molecule has 6 rings (SSSR count). The third-order valence-corrected chi connectivity index (χ3v) is 4.22. The molecule has 0 N–H and O–H groups in total. The molecule has 22 heavy (non-hydrogen) atoms. The Hall–Kier alpha value is -2.98. The number of hydrogen-bond donors (Lipinski definition) is 0. The zero-order valence-corrected chi connectivity index (χ0v) is 11.4. The smallest absolute Gasteiger partial charge is 0.278 e. The topological polar surface area (TPSA) is 33.6 Å². The number of para-hydroxylation sites is 3. The van der Waals surface area contributed by atoms with E-state index in [2.05, 4.69) is 4.90 Å². The van der Waals surface area contributed by atoms with Crippen molar-refractivity contribution < 1.29 is 14.2 Å². The van der Waals surface area contributed by atoms with Crippen molar-refractivity contribution in [2.75, 3.05) is 0 Å². The van der Waals surface area contributed by atoms with Gasteiger partial charge in [0, 0.05) is 0 Å². The van der Waals surface area contributed by atoms with E-state index in [1.165, 1.54) is 0 Å². The van der Waals surface area contributed by atoms with E-state index in [4.69, 9.17) is 14.2 Å². The van der Waals surface area contributed by atoms with Crippen LogP contribution in [0, 0.1) is 0 Å². The maximum absolute atomic E-state index is 6.05. The predicted octanol–water partition coefficient (Wildman–Crippen LogP) is 5.44. The van der Waals surface area contributed by atoms with Gasteiger partial charge >= 0.3 is 0 Å². The number of rotatable bonds is 0. The van der Waals surface area contributed by atoms with Crippen LogP contribution in [0.5, 0.6) is 34.5 Å². The normalized spacial score (nSPS) is 15.3. The first-order chi connectivity index (χ1) is 10.9. The molecule has 0 atom stereocenters. The van der Waals surface area contributed by atoms with Crippen LogP contribution >= 0.6 is 0 Å². The maximum Gasteiger partial charge on any atom is 0.278 e. The summed E-state index contributed by atoms with van der Waals surface area (Å²) in [5.41, 5.74) is 2.81. The maximum atomic E-state index is 6.05. The lowest BCUT2D eigenvalue weighted by Crippen LogP contribution is -2.24. The second-order valence-electron chi connectivity index (χ2n) is 5.45. The Balaban J connectivity index is 1.80. The molecular formula is C18H9NO3+. The van der Waals surface area contributed by atoms with Gasteiger partial charge in [-0.2, -0.15) is 0 Å². The average Bonchev–Trinajstić information content (AvgIpc) is 2.55. The van der Waals surface area contributed by atoms with Crippen LogP contribution in [0.4, 0.5) is 17.1 Å². The fourth-order valence-electron chi connectivity index (χ4n) is 3.35. The lowest BCUT2D eigenvalue weighted by atomic mass is 10.0. The van der Waals surface area contributed by atoms with Crippen LogP contribution in [0.1, 0.15) is 0 Å². The Morgan fingerprint density at radius 3 is 1.00 bits per heavy atom. The van der Waals surface area contributed by atoms with Crippen molar-refractivity contribution in [2.24, 2.45) is 0 Å².